The minimum absolute atomic E-state index is 0.0274. The van der Waals surface area contributed by atoms with Crippen LogP contribution < -0.4 is 4.72 Å². The summed E-state index contributed by atoms with van der Waals surface area (Å²) in [7, 11) is -3.30. The van der Waals surface area contributed by atoms with Crippen LogP contribution in [0, 0.1) is 0 Å². The van der Waals surface area contributed by atoms with Crippen molar-refractivity contribution in [1.29, 1.82) is 0 Å². The first-order valence-corrected chi connectivity index (χ1v) is 8.34. The van der Waals surface area contributed by atoms with Gasteiger partial charge in [-0.3, -0.25) is 0 Å². The molecule has 0 amide bonds. The van der Waals surface area contributed by atoms with Crippen LogP contribution in [0.15, 0.2) is 24.3 Å². The molecule has 0 aliphatic heterocycles. The monoisotopic (exact) mass is 305 g/mol. The maximum Gasteiger partial charge on any atom is 0.214 e. The van der Waals surface area contributed by atoms with Crippen LogP contribution in [0.3, 0.4) is 0 Å². The first-order valence-electron chi connectivity index (χ1n) is 6.15. The van der Waals surface area contributed by atoms with Crippen molar-refractivity contribution in [3.63, 3.8) is 0 Å². The van der Waals surface area contributed by atoms with Crippen LogP contribution in [-0.2, 0) is 27.2 Å². The molecule has 0 aromatic heterocycles. The van der Waals surface area contributed by atoms with Crippen molar-refractivity contribution in [2.24, 2.45) is 0 Å². The zero-order valence-corrected chi connectivity index (χ0v) is 12.8. The lowest BCUT2D eigenvalue weighted by molar-refractivity contribution is 0.0911. The van der Waals surface area contributed by atoms with Crippen molar-refractivity contribution in [2.75, 3.05) is 12.4 Å². The van der Waals surface area contributed by atoms with Gasteiger partial charge in [-0.25, -0.2) is 13.1 Å². The molecule has 0 heterocycles. The molecule has 0 atom stereocenters. The Balaban J connectivity index is 2.45. The van der Waals surface area contributed by atoms with Crippen molar-refractivity contribution in [3.8, 4) is 0 Å². The highest BCUT2D eigenvalue weighted by Gasteiger charge is 2.10. The number of ether oxygens (including phenoxy) is 1. The van der Waals surface area contributed by atoms with Gasteiger partial charge in [-0.15, -0.1) is 11.6 Å². The normalized spacial score (nSPS) is 12.0. The molecule has 1 aromatic rings. The fourth-order valence-corrected chi connectivity index (χ4v) is 2.49. The average molecular weight is 306 g/mol. The summed E-state index contributed by atoms with van der Waals surface area (Å²) in [5, 5.41) is 0. The summed E-state index contributed by atoms with van der Waals surface area (Å²) in [4.78, 5) is 0. The molecule has 0 saturated carbocycles. The molecule has 0 radical (unpaired) electrons. The van der Waals surface area contributed by atoms with E-state index in [1.165, 1.54) is 0 Å². The Bertz CT molecular complexity index is 488. The van der Waals surface area contributed by atoms with E-state index in [1.807, 2.05) is 38.1 Å². The van der Waals surface area contributed by atoms with E-state index in [0.717, 1.165) is 11.1 Å². The molecule has 0 aliphatic carbocycles. The van der Waals surface area contributed by atoms with Crippen molar-refractivity contribution in [3.05, 3.63) is 35.4 Å². The number of rotatable bonds is 8. The van der Waals surface area contributed by atoms with E-state index in [1.54, 1.807) is 0 Å². The van der Waals surface area contributed by atoms with Gasteiger partial charge >= 0.3 is 0 Å². The number of alkyl halides is 1. The van der Waals surface area contributed by atoms with Crippen molar-refractivity contribution < 1.29 is 13.2 Å². The largest absolute Gasteiger partial charge is 0.378 e. The van der Waals surface area contributed by atoms with Gasteiger partial charge in [0, 0.05) is 12.4 Å². The maximum atomic E-state index is 11.7. The number of halogens is 1. The lowest BCUT2D eigenvalue weighted by atomic mass is 10.1. The molecule has 19 heavy (non-hydrogen) atoms. The maximum absolute atomic E-state index is 11.7. The van der Waals surface area contributed by atoms with Crippen molar-refractivity contribution >= 4 is 21.6 Å². The molecule has 0 aliphatic rings. The zero-order valence-electron chi connectivity index (χ0n) is 11.2. The van der Waals surface area contributed by atoms with Gasteiger partial charge < -0.3 is 4.74 Å². The highest BCUT2D eigenvalue weighted by Crippen LogP contribution is 2.08. The predicted octanol–water partition coefficient (Wildman–Crippen LogP) is 2.27. The third-order valence-electron chi connectivity index (χ3n) is 2.45. The minimum atomic E-state index is -3.30. The number of hydrogen-bond donors (Lipinski definition) is 1. The van der Waals surface area contributed by atoms with E-state index in [-0.39, 0.29) is 25.0 Å². The van der Waals surface area contributed by atoms with Crippen LogP contribution in [-0.4, -0.2) is 26.9 Å². The smallest absolute Gasteiger partial charge is 0.214 e. The first-order chi connectivity index (χ1) is 8.93. The number of hydrogen-bond acceptors (Lipinski definition) is 3. The van der Waals surface area contributed by atoms with Gasteiger partial charge in [-0.1, -0.05) is 24.3 Å². The fraction of sp³-hybridized carbons (Fsp3) is 0.538. The predicted molar refractivity (Wildman–Crippen MR) is 77.7 cm³/mol. The molecule has 6 heteroatoms. The summed E-state index contributed by atoms with van der Waals surface area (Å²) in [6.07, 6.45) is 0.0376. The lowest BCUT2D eigenvalue weighted by Gasteiger charge is -2.09. The molecular weight excluding hydrogens is 286 g/mol. The molecule has 0 fully saturated rings. The molecule has 108 valence electrons. The molecule has 4 nitrogen and oxygen atoms in total. The quantitative estimate of drug-likeness (QED) is 0.750. The van der Waals surface area contributed by atoms with Crippen molar-refractivity contribution in [1.82, 2.24) is 4.72 Å². The van der Waals surface area contributed by atoms with E-state index in [2.05, 4.69) is 4.72 Å². The highest BCUT2D eigenvalue weighted by molar-refractivity contribution is 7.89. The standard InChI is InChI=1S/C13H20ClNO3S/c1-11(2)18-6-7-19(16,17)15-10-13-5-3-4-12(8-13)9-14/h3-5,8,11,15H,6-7,9-10H2,1-2H3. The summed E-state index contributed by atoms with van der Waals surface area (Å²) >= 11 is 5.73. The summed E-state index contributed by atoms with van der Waals surface area (Å²) < 4.78 is 31.2. The molecular formula is C13H20ClNO3S. The number of benzene rings is 1. The van der Waals surface area contributed by atoms with Crippen LogP contribution >= 0.6 is 11.6 Å². The second-order valence-electron chi connectivity index (χ2n) is 4.51. The van der Waals surface area contributed by atoms with E-state index in [0.29, 0.717) is 5.88 Å². The Morgan fingerprint density at radius 1 is 1.32 bits per heavy atom. The summed E-state index contributed by atoms with van der Waals surface area (Å²) in [5.74, 6) is 0.392. The Kier molecular flexibility index (Phi) is 6.79. The minimum Gasteiger partial charge on any atom is -0.378 e. The summed E-state index contributed by atoms with van der Waals surface area (Å²) in [6, 6.07) is 7.52. The lowest BCUT2D eigenvalue weighted by Crippen LogP contribution is -2.28. The van der Waals surface area contributed by atoms with Gasteiger partial charge in [0.2, 0.25) is 10.0 Å². The van der Waals surface area contributed by atoms with Crippen LogP contribution in [0.25, 0.3) is 0 Å². The summed E-state index contributed by atoms with van der Waals surface area (Å²) in [6.45, 7) is 4.22. The average Bonchev–Trinajstić information content (AvgIpc) is 2.36. The Labute approximate surface area is 120 Å². The second kappa shape index (κ2) is 7.85. The van der Waals surface area contributed by atoms with E-state index in [9.17, 15) is 8.42 Å². The van der Waals surface area contributed by atoms with Crippen LogP contribution in [0.5, 0.6) is 0 Å². The first kappa shape index (κ1) is 16.4. The Hall–Kier alpha value is -0.620. The SMILES string of the molecule is CC(C)OCCS(=O)(=O)NCc1cccc(CCl)c1. The molecule has 0 saturated heterocycles. The zero-order chi connectivity index (χ0) is 14.3. The molecule has 1 rings (SSSR count). The van der Waals surface area contributed by atoms with Crippen LogP contribution in [0.4, 0.5) is 0 Å². The van der Waals surface area contributed by atoms with Gasteiger partial charge in [0.15, 0.2) is 0 Å². The molecule has 0 bridgehead atoms. The molecule has 1 N–H and O–H groups in total. The van der Waals surface area contributed by atoms with Crippen LogP contribution in [0.1, 0.15) is 25.0 Å². The van der Waals surface area contributed by atoms with Gasteiger partial charge in [0.05, 0.1) is 18.5 Å². The Morgan fingerprint density at radius 3 is 2.63 bits per heavy atom. The van der Waals surface area contributed by atoms with Gasteiger partial charge in [-0.2, -0.15) is 0 Å². The molecule has 1 aromatic carbocycles. The fourth-order valence-electron chi connectivity index (χ4n) is 1.48. The highest BCUT2D eigenvalue weighted by atomic mass is 35.5. The third-order valence-corrected chi connectivity index (χ3v) is 4.04. The molecule has 0 spiro atoms. The second-order valence-corrected chi connectivity index (χ2v) is 6.71. The van der Waals surface area contributed by atoms with E-state index >= 15 is 0 Å². The number of nitrogens with one attached hydrogen (secondary N) is 1. The number of sulfonamides is 1. The van der Waals surface area contributed by atoms with Crippen LogP contribution in [0.2, 0.25) is 0 Å². The van der Waals surface area contributed by atoms with E-state index < -0.39 is 10.0 Å². The third kappa shape index (κ3) is 6.92. The topological polar surface area (TPSA) is 55.4 Å². The summed E-state index contributed by atoms with van der Waals surface area (Å²) in [5.41, 5.74) is 1.87. The molecule has 0 unspecified atom stereocenters. The van der Waals surface area contributed by atoms with E-state index in [4.69, 9.17) is 16.3 Å². The van der Waals surface area contributed by atoms with Gasteiger partial charge in [0.25, 0.3) is 0 Å². The Morgan fingerprint density at radius 2 is 2.00 bits per heavy atom. The van der Waals surface area contributed by atoms with Crippen molar-refractivity contribution in [2.45, 2.75) is 32.4 Å². The van der Waals surface area contributed by atoms with Gasteiger partial charge in [-0.05, 0) is 25.0 Å². The van der Waals surface area contributed by atoms with Gasteiger partial charge in [0.1, 0.15) is 0 Å².